The minimum Gasteiger partial charge on any atom is -0.362 e. The standard InChI is InChI=1S/C22H34N2S/c25-21(24-20-18-5-13-1-14(7-18)8-19(20)6-13)23-12-22-9-15-2-16(10-22)4-17(3-15)11-22/h13-20H,1-12H2,(H2,23,24,25). The molecule has 8 bridgehead atoms. The second-order valence-corrected chi connectivity index (χ2v) is 11.6. The van der Waals surface area contributed by atoms with E-state index < -0.39 is 0 Å². The van der Waals surface area contributed by atoms with E-state index >= 15 is 0 Å². The van der Waals surface area contributed by atoms with Gasteiger partial charge in [-0.25, -0.2) is 0 Å². The van der Waals surface area contributed by atoms with Gasteiger partial charge in [0.2, 0.25) is 0 Å². The lowest BCUT2D eigenvalue weighted by Crippen LogP contribution is -2.58. The summed E-state index contributed by atoms with van der Waals surface area (Å²) in [5.74, 6) is 7.05. The zero-order chi connectivity index (χ0) is 16.6. The first-order valence-electron chi connectivity index (χ1n) is 11.2. The van der Waals surface area contributed by atoms with Crippen molar-refractivity contribution in [1.82, 2.24) is 10.6 Å². The van der Waals surface area contributed by atoms with Crippen LogP contribution in [0.5, 0.6) is 0 Å². The minimum absolute atomic E-state index is 0.588. The molecule has 0 spiro atoms. The zero-order valence-electron chi connectivity index (χ0n) is 15.5. The van der Waals surface area contributed by atoms with E-state index in [1.807, 2.05) is 0 Å². The first kappa shape index (κ1) is 15.7. The van der Waals surface area contributed by atoms with Crippen molar-refractivity contribution in [2.75, 3.05) is 6.54 Å². The molecule has 0 radical (unpaired) electrons. The molecule has 0 atom stereocenters. The number of hydrogen-bond donors (Lipinski definition) is 2. The van der Waals surface area contributed by atoms with Gasteiger partial charge >= 0.3 is 0 Å². The highest BCUT2D eigenvalue weighted by Crippen LogP contribution is 2.59. The van der Waals surface area contributed by atoms with E-state index in [0.29, 0.717) is 11.5 Å². The Hall–Kier alpha value is -0.310. The number of nitrogens with one attached hydrogen (secondary N) is 2. The number of rotatable bonds is 3. The quantitative estimate of drug-likeness (QED) is 0.727. The maximum absolute atomic E-state index is 5.79. The van der Waals surface area contributed by atoms with Crippen molar-refractivity contribution >= 4 is 17.3 Å². The second-order valence-electron chi connectivity index (χ2n) is 11.2. The number of hydrogen-bond acceptors (Lipinski definition) is 1. The summed E-state index contributed by atoms with van der Waals surface area (Å²) in [6.45, 7) is 1.15. The van der Waals surface area contributed by atoms with Gasteiger partial charge in [0.25, 0.3) is 0 Å². The van der Waals surface area contributed by atoms with E-state index in [9.17, 15) is 0 Å². The molecule has 0 aliphatic heterocycles. The molecule has 0 aromatic carbocycles. The van der Waals surface area contributed by atoms with Crippen molar-refractivity contribution in [3.8, 4) is 0 Å². The summed E-state index contributed by atoms with van der Waals surface area (Å²) in [4.78, 5) is 0. The first-order valence-corrected chi connectivity index (χ1v) is 11.6. The molecule has 138 valence electrons. The summed E-state index contributed by atoms with van der Waals surface area (Å²) < 4.78 is 0. The normalized spacial score (nSPS) is 54.7. The Kier molecular flexibility index (Phi) is 3.52. The van der Waals surface area contributed by atoms with Crippen LogP contribution in [-0.4, -0.2) is 17.7 Å². The van der Waals surface area contributed by atoms with Crippen LogP contribution in [0.25, 0.3) is 0 Å². The lowest BCUT2D eigenvalue weighted by Gasteiger charge is -2.57. The van der Waals surface area contributed by atoms with Crippen LogP contribution in [0.4, 0.5) is 0 Å². The zero-order valence-corrected chi connectivity index (χ0v) is 16.3. The van der Waals surface area contributed by atoms with E-state index in [1.165, 1.54) is 70.6 Å². The molecular formula is C22H34N2S. The molecule has 0 saturated heterocycles. The Balaban J connectivity index is 1.07. The van der Waals surface area contributed by atoms with Gasteiger partial charge in [0, 0.05) is 12.6 Å². The van der Waals surface area contributed by atoms with Gasteiger partial charge in [-0.2, -0.15) is 0 Å². The predicted molar refractivity (Wildman–Crippen MR) is 105 cm³/mol. The topological polar surface area (TPSA) is 24.1 Å². The fraction of sp³-hybridized carbons (Fsp3) is 0.955. The van der Waals surface area contributed by atoms with Crippen molar-refractivity contribution in [3.05, 3.63) is 0 Å². The van der Waals surface area contributed by atoms with Crippen LogP contribution in [0.3, 0.4) is 0 Å². The average molecular weight is 359 g/mol. The second kappa shape index (κ2) is 5.59. The predicted octanol–water partition coefficient (Wildman–Crippen LogP) is 4.49. The summed E-state index contributed by atoms with van der Waals surface area (Å²) in [5, 5.41) is 8.51. The summed E-state index contributed by atoms with van der Waals surface area (Å²) in [6, 6.07) is 0.684. The maximum Gasteiger partial charge on any atom is 0.166 e. The Morgan fingerprint density at radius 1 is 0.720 bits per heavy atom. The van der Waals surface area contributed by atoms with E-state index in [2.05, 4.69) is 10.6 Å². The van der Waals surface area contributed by atoms with Crippen molar-refractivity contribution < 1.29 is 0 Å². The third-order valence-corrected chi connectivity index (χ3v) is 9.58. The van der Waals surface area contributed by atoms with Gasteiger partial charge in [-0.1, -0.05) is 0 Å². The molecule has 0 aromatic heterocycles. The van der Waals surface area contributed by atoms with Crippen molar-refractivity contribution in [2.24, 2.45) is 46.8 Å². The number of thiocarbonyl (C=S) groups is 1. The fourth-order valence-corrected chi connectivity index (χ4v) is 9.35. The molecule has 0 aromatic rings. The largest absolute Gasteiger partial charge is 0.362 e. The molecule has 8 fully saturated rings. The van der Waals surface area contributed by atoms with Gasteiger partial charge in [0.1, 0.15) is 0 Å². The SMILES string of the molecule is S=C(NCC12CC3CC(CC(C3)C1)C2)NC1C2CC3CC(C2)CC1C3. The molecule has 3 heteroatoms. The molecule has 8 aliphatic rings. The lowest BCUT2D eigenvalue weighted by molar-refractivity contribution is -0.0493. The summed E-state index contributed by atoms with van der Waals surface area (Å²) in [7, 11) is 0. The molecule has 0 unspecified atom stereocenters. The third-order valence-electron chi connectivity index (χ3n) is 9.31. The van der Waals surface area contributed by atoms with Crippen LogP contribution in [0.15, 0.2) is 0 Å². The van der Waals surface area contributed by atoms with Crippen molar-refractivity contribution in [3.63, 3.8) is 0 Å². The van der Waals surface area contributed by atoms with Gasteiger partial charge in [-0.05, 0) is 130 Å². The van der Waals surface area contributed by atoms with Gasteiger partial charge in [0.05, 0.1) is 0 Å². The first-order chi connectivity index (χ1) is 12.1. The molecule has 8 rings (SSSR count). The Morgan fingerprint density at radius 3 is 1.72 bits per heavy atom. The highest BCUT2D eigenvalue weighted by Gasteiger charge is 2.51. The van der Waals surface area contributed by atoms with E-state index in [-0.39, 0.29) is 0 Å². The Bertz CT molecular complexity index is 507. The van der Waals surface area contributed by atoms with Crippen LogP contribution < -0.4 is 10.6 Å². The smallest absolute Gasteiger partial charge is 0.166 e. The molecule has 0 heterocycles. The molecule has 8 aliphatic carbocycles. The highest BCUT2D eigenvalue weighted by atomic mass is 32.1. The van der Waals surface area contributed by atoms with E-state index in [4.69, 9.17) is 12.2 Å². The molecule has 2 N–H and O–H groups in total. The lowest BCUT2D eigenvalue weighted by atomic mass is 9.49. The van der Waals surface area contributed by atoms with Crippen LogP contribution in [0, 0.1) is 46.8 Å². The van der Waals surface area contributed by atoms with Crippen molar-refractivity contribution in [2.45, 2.75) is 76.7 Å². The average Bonchev–Trinajstić information content (AvgIpc) is 2.54. The molecule has 2 nitrogen and oxygen atoms in total. The van der Waals surface area contributed by atoms with Crippen LogP contribution >= 0.6 is 12.2 Å². The van der Waals surface area contributed by atoms with Gasteiger partial charge < -0.3 is 10.6 Å². The Morgan fingerprint density at radius 2 is 1.20 bits per heavy atom. The molecule has 0 amide bonds. The van der Waals surface area contributed by atoms with Crippen LogP contribution in [0.1, 0.15) is 70.6 Å². The fourth-order valence-electron chi connectivity index (χ4n) is 9.14. The van der Waals surface area contributed by atoms with E-state index in [1.54, 1.807) is 0 Å². The highest BCUT2D eigenvalue weighted by molar-refractivity contribution is 7.80. The molecule has 8 saturated carbocycles. The molecular weight excluding hydrogens is 324 g/mol. The summed E-state index contributed by atoms with van der Waals surface area (Å²) in [6.07, 6.45) is 16.5. The van der Waals surface area contributed by atoms with Crippen LogP contribution in [-0.2, 0) is 0 Å². The van der Waals surface area contributed by atoms with E-state index in [0.717, 1.165) is 53.1 Å². The van der Waals surface area contributed by atoms with Gasteiger partial charge in [-0.3, -0.25) is 0 Å². The summed E-state index contributed by atoms with van der Waals surface area (Å²) in [5.41, 5.74) is 0.588. The Labute approximate surface area is 158 Å². The molecule has 25 heavy (non-hydrogen) atoms. The minimum atomic E-state index is 0.588. The van der Waals surface area contributed by atoms with Gasteiger partial charge in [0.15, 0.2) is 5.11 Å². The summed E-state index contributed by atoms with van der Waals surface area (Å²) >= 11 is 5.79. The monoisotopic (exact) mass is 358 g/mol. The maximum atomic E-state index is 5.79. The van der Waals surface area contributed by atoms with Gasteiger partial charge in [-0.15, -0.1) is 0 Å². The van der Waals surface area contributed by atoms with Crippen molar-refractivity contribution in [1.29, 1.82) is 0 Å². The van der Waals surface area contributed by atoms with Crippen LogP contribution in [0.2, 0.25) is 0 Å². The third kappa shape index (κ3) is 2.66.